The van der Waals surface area contributed by atoms with Crippen LogP contribution >= 0.6 is 11.6 Å². The minimum Gasteiger partial charge on any atom is -0.489 e. The number of aliphatic hydroxyl groups excluding tert-OH is 1. The van der Waals surface area contributed by atoms with Gasteiger partial charge in [-0.3, -0.25) is 0 Å². The van der Waals surface area contributed by atoms with Gasteiger partial charge in [0.1, 0.15) is 12.4 Å². The lowest BCUT2D eigenvalue weighted by molar-refractivity contribution is 0.123. The topological polar surface area (TPSA) is 41.5 Å². The normalized spacial score (nSPS) is 12.5. The van der Waals surface area contributed by atoms with Crippen molar-refractivity contribution in [1.29, 1.82) is 0 Å². The van der Waals surface area contributed by atoms with Gasteiger partial charge in [-0.05, 0) is 37.6 Å². The van der Waals surface area contributed by atoms with E-state index in [1.54, 1.807) is 6.92 Å². The van der Waals surface area contributed by atoms with Gasteiger partial charge < -0.3 is 15.2 Å². The van der Waals surface area contributed by atoms with Crippen LogP contribution in [0.2, 0.25) is 5.02 Å². The summed E-state index contributed by atoms with van der Waals surface area (Å²) in [4.78, 5) is 0. The van der Waals surface area contributed by atoms with Crippen LogP contribution in [0.15, 0.2) is 18.2 Å². The molecule has 1 unspecified atom stereocenters. The summed E-state index contributed by atoms with van der Waals surface area (Å²) in [5, 5.41) is 13.0. The Hall–Kier alpha value is -0.770. The van der Waals surface area contributed by atoms with Crippen LogP contribution in [-0.2, 0) is 6.54 Å². The molecule has 0 saturated carbocycles. The van der Waals surface area contributed by atoms with E-state index >= 15 is 0 Å². The second-order valence-electron chi connectivity index (χ2n) is 4.10. The van der Waals surface area contributed by atoms with Gasteiger partial charge in [-0.2, -0.15) is 0 Å². The van der Waals surface area contributed by atoms with Crippen LogP contribution in [-0.4, -0.2) is 24.4 Å². The highest BCUT2D eigenvalue weighted by atomic mass is 35.5. The van der Waals surface area contributed by atoms with Crippen LogP contribution in [0.5, 0.6) is 5.75 Å². The molecule has 0 bridgehead atoms. The van der Waals surface area contributed by atoms with Gasteiger partial charge in [-0.1, -0.05) is 24.6 Å². The molecule has 17 heavy (non-hydrogen) atoms. The lowest BCUT2D eigenvalue weighted by Crippen LogP contribution is -2.14. The van der Waals surface area contributed by atoms with Crippen LogP contribution in [0.4, 0.5) is 0 Å². The fraction of sp³-hybridized carbons (Fsp3) is 0.538. The monoisotopic (exact) mass is 257 g/mol. The minimum atomic E-state index is -0.489. The molecule has 0 fully saturated rings. The number of benzene rings is 1. The average Bonchev–Trinajstić information content (AvgIpc) is 2.28. The van der Waals surface area contributed by atoms with E-state index in [1.165, 1.54) is 0 Å². The molecular formula is C13H20ClNO2. The summed E-state index contributed by atoms with van der Waals surface area (Å²) in [6.07, 6.45) is 0.625. The zero-order valence-electron chi connectivity index (χ0n) is 10.4. The first kappa shape index (κ1) is 14.3. The lowest BCUT2D eigenvalue weighted by atomic mass is 10.2. The van der Waals surface area contributed by atoms with Crippen molar-refractivity contribution in [3.8, 4) is 5.75 Å². The Morgan fingerprint density at radius 1 is 1.47 bits per heavy atom. The molecule has 0 amide bonds. The number of hydrogen-bond donors (Lipinski definition) is 2. The maximum Gasteiger partial charge on any atom is 0.138 e. The van der Waals surface area contributed by atoms with E-state index in [-0.39, 0.29) is 6.61 Å². The van der Waals surface area contributed by atoms with Crippen molar-refractivity contribution in [2.24, 2.45) is 0 Å². The molecule has 0 aliphatic carbocycles. The number of halogens is 1. The Kier molecular flexibility index (Phi) is 6.34. The number of hydrogen-bond acceptors (Lipinski definition) is 3. The summed E-state index contributed by atoms with van der Waals surface area (Å²) in [7, 11) is 0. The lowest BCUT2D eigenvalue weighted by Gasteiger charge is -2.11. The first-order valence-corrected chi connectivity index (χ1v) is 6.31. The van der Waals surface area contributed by atoms with Crippen LogP contribution in [0, 0.1) is 0 Å². The molecule has 0 heterocycles. The van der Waals surface area contributed by atoms with Gasteiger partial charge in [0, 0.05) is 6.54 Å². The van der Waals surface area contributed by atoms with Crippen molar-refractivity contribution in [3.63, 3.8) is 0 Å². The van der Waals surface area contributed by atoms with Crippen molar-refractivity contribution in [2.45, 2.75) is 32.9 Å². The fourth-order valence-electron chi connectivity index (χ4n) is 1.39. The van der Waals surface area contributed by atoms with Gasteiger partial charge in [0.15, 0.2) is 0 Å². The van der Waals surface area contributed by atoms with Crippen molar-refractivity contribution in [1.82, 2.24) is 5.32 Å². The summed E-state index contributed by atoms with van der Waals surface area (Å²) in [5.74, 6) is 0.617. The SMILES string of the molecule is CCCNCc1ccc(OCC(C)O)c(Cl)c1. The van der Waals surface area contributed by atoms with E-state index in [4.69, 9.17) is 21.4 Å². The molecule has 2 N–H and O–H groups in total. The summed E-state index contributed by atoms with van der Waals surface area (Å²) in [5.41, 5.74) is 1.13. The third-order valence-corrected chi connectivity index (χ3v) is 2.53. The first-order chi connectivity index (χ1) is 8.13. The number of rotatable bonds is 7. The summed E-state index contributed by atoms with van der Waals surface area (Å²) in [6, 6.07) is 5.71. The van der Waals surface area contributed by atoms with Gasteiger partial charge in [0.05, 0.1) is 11.1 Å². The Morgan fingerprint density at radius 3 is 2.82 bits per heavy atom. The predicted octanol–water partition coefficient (Wildman–Crippen LogP) is 2.60. The van der Waals surface area contributed by atoms with E-state index in [0.29, 0.717) is 10.8 Å². The summed E-state index contributed by atoms with van der Waals surface area (Å²) in [6.45, 7) is 5.87. The van der Waals surface area contributed by atoms with Crippen molar-refractivity contribution < 1.29 is 9.84 Å². The quantitative estimate of drug-likeness (QED) is 0.738. The molecule has 0 aromatic heterocycles. The third kappa shape index (κ3) is 5.39. The Morgan fingerprint density at radius 2 is 2.24 bits per heavy atom. The zero-order chi connectivity index (χ0) is 12.7. The highest BCUT2D eigenvalue weighted by Crippen LogP contribution is 2.25. The summed E-state index contributed by atoms with van der Waals surface area (Å²) < 4.78 is 5.38. The zero-order valence-corrected chi connectivity index (χ0v) is 11.1. The van der Waals surface area contributed by atoms with Crippen LogP contribution in [0.3, 0.4) is 0 Å². The van der Waals surface area contributed by atoms with Crippen LogP contribution < -0.4 is 10.1 Å². The number of ether oxygens (including phenoxy) is 1. The molecule has 0 aliphatic heterocycles. The fourth-order valence-corrected chi connectivity index (χ4v) is 1.65. The molecule has 1 aromatic carbocycles. The number of aliphatic hydroxyl groups is 1. The summed E-state index contributed by atoms with van der Waals surface area (Å²) >= 11 is 6.09. The maximum absolute atomic E-state index is 9.12. The van der Waals surface area contributed by atoms with Crippen molar-refractivity contribution in [2.75, 3.05) is 13.2 Å². The predicted molar refractivity (Wildman–Crippen MR) is 70.6 cm³/mol. The standard InChI is InChI=1S/C13H20ClNO2/c1-3-6-15-8-11-4-5-13(12(14)7-11)17-9-10(2)16/h4-5,7,10,15-16H,3,6,8-9H2,1-2H3. The van der Waals surface area contributed by atoms with Gasteiger partial charge in [0.2, 0.25) is 0 Å². The molecule has 96 valence electrons. The highest BCUT2D eigenvalue weighted by molar-refractivity contribution is 6.32. The Labute approximate surface area is 108 Å². The second-order valence-corrected chi connectivity index (χ2v) is 4.51. The van der Waals surface area contributed by atoms with Crippen LogP contribution in [0.25, 0.3) is 0 Å². The molecular weight excluding hydrogens is 238 g/mol. The molecule has 0 spiro atoms. The second kappa shape index (κ2) is 7.54. The van der Waals surface area contributed by atoms with E-state index in [1.807, 2.05) is 18.2 Å². The van der Waals surface area contributed by atoms with Gasteiger partial charge in [0.25, 0.3) is 0 Å². The molecule has 1 aromatic rings. The van der Waals surface area contributed by atoms with Gasteiger partial charge in [-0.25, -0.2) is 0 Å². The van der Waals surface area contributed by atoms with Gasteiger partial charge >= 0.3 is 0 Å². The maximum atomic E-state index is 9.12. The minimum absolute atomic E-state index is 0.257. The van der Waals surface area contributed by atoms with E-state index < -0.39 is 6.10 Å². The van der Waals surface area contributed by atoms with Crippen molar-refractivity contribution in [3.05, 3.63) is 28.8 Å². The van der Waals surface area contributed by atoms with E-state index in [9.17, 15) is 0 Å². The van der Waals surface area contributed by atoms with Crippen molar-refractivity contribution >= 4 is 11.6 Å². The van der Waals surface area contributed by atoms with Gasteiger partial charge in [-0.15, -0.1) is 0 Å². The largest absolute Gasteiger partial charge is 0.489 e. The van der Waals surface area contributed by atoms with Crippen LogP contribution in [0.1, 0.15) is 25.8 Å². The average molecular weight is 258 g/mol. The van der Waals surface area contributed by atoms with E-state index in [2.05, 4.69) is 12.2 Å². The molecule has 1 rings (SSSR count). The Balaban J connectivity index is 2.53. The first-order valence-electron chi connectivity index (χ1n) is 5.93. The molecule has 0 radical (unpaired) electrons. The smallest absolute Gasteiger partial charge is 0.138 e. The molecule has 0 aliphatic rings. The Bertz CT molecular complexity index is 342. The number of nitrogens with one attached hydrogen (secondary N) is 1. The third-order valence-electron chi connectivity index (χ3n) is 2.23. The highest BCUT2D eigenvalue weighted by Gasteiger charge is 2.04. The molecule has 3 nitrogen and oxygen atoms in total. The van der Waals surface area contributed by atoms with E-state index in [0.717, 1.165) is 25.1 Å². The molecule has 1 atom stereocenters. The molecule has 0 saturated heterocycles. The molecule has 4 heteroatoms.